The number of rotatable bonds is 3. The standard InChI is InChI=1S/C23H22I2N2O2S/c1-14-7-5-6-10-19(14)27-22(29)20(13-15-11-17(24)21(28)18(25)12-15)30-23(27)26-16-8-3-2-4-9-16/h2-4,8-9,11-14,19,28H,5-7,10H2,1H3/b20-13-,26-23?/t14-,19+/m0/s1. The molecule has 0 aromatic heterocycles. The van der Waals surface area contributed by atoms with Gasteiger partial charge in [-0.3, -0.25) is 9.69 Å². The zero-order chi connectivity index (χ0) is 21.3. The van der Waals surface area contributed by atoms with Crippen LogP contribution in [0.1, 0.15) is 38.2 Å². The molecule has 1 N–H and O–H groups in total. The Kier molecular flexibility index (Phi) is 7.08. The number of thioether (sulfide) groups is 1. The van der Waals surface area contributed by atoms with Crippen LogP contribution in [0.5, 0.6) is 5.75 Å². The van der Waals surface area contributed by atoms with Crippen LogP contribution < -0.4 is 0 Å². The summed E-state index contributed by atoms with van der Waals surface area (Å²) < 4.78 is 1.55. The average Bonchev–Trinajstić information content (AvgIpc) is 3.02. The van der Waals surface area contributed by atoms with Crippen LogP contribution in [0.2, 0.25) is 0 Å². The van der Waals surface area contributed by atoms with Gasteiger partial charge in [-0.15, -0.1) is 0 Å². The maximum absolute atomic E-state index is 13.5. The monoisotopic (exact) mass is 644 g/mol. The van der Waals surface area contributed by atoms with Crippen molar-refractivity contribution in [2.75, 3.05) is 0 Å². The van der Waals surface area contributed by atoms with Crippen LogP contribution in [0, 0.1) is 13.1 Å². The number of carbonyl (C=O) groups is 1. The number of nitrogens with zero attached hydrogens (tertiary/aromatic N) is 2. The number of benzene rings is 2. The molecule has 156 valence electrons. The Balaban J connectivity index is 1.74. The summed E-state index contributed by atoms with van der Waals surface area (Å²) >= 11 is 5.69. The number of hydrogen-bond acceptors (Lipinski definition) is 4. The van der Waals surface area contributed by atoms with Crippen molar-refractivity contribution in [2.45, 2.75) is 38.6 Å². The number of aliphatic imine (C=N–C) groups is 1. The number of hydrogen-bond donors (Lipinski definition) is 1. The van der Waals surface area contributed by atoms with Crippen molar-refractivity contribution < 1.29 is 9.90 Å². The molecule has 2 atom stereocenters. The minimum Gasteiger partial charge on any atom is -0.506 e. The molecule has 4 rings (SSSR count). The molecule has 2 aromatic carbocycles. The van der Waals surface area contributed by atoms with Crippen LogP contribution in [0.3, 0.4) is 0 Å². The van der Waals surface area contributed by atoms with E-state index >= 15 is 0 Å². The highest BCUT2D eigenvalue weighted by molar-refractivity contribution is 14.1. The number of carbonyl (C=O) groups excluding carboxylic acids is 1. The second-order valence-corrected chi connectivity index (χ2v) is 11.0. The van der Waals surface area contributed by atoms with Gasteiger partial charge in [0.1, 0.15) is 5.75 Å². The first-order valence-electron chi connectivity index (χ1n) is 9.99. The summed E-state index contributed by atoms with van der Waals surface area (Å²) in [6, 6.07) is 13.8. The smallest absolute Gasteiger partial charge is 0.267 e. The molecule has 4 nitrogen and oxygen atoms in total. The first-order chi connectivity index (χ1) is 14.4. The highest BCUT2D eigenvalue weighted by Crippen LogP contribution is 2.40. The fraction of sp³-hybridized carbons (Fsp3) is 0.304. The predicted octanol–water partition coefficient (Wildman–Crippen LogP) is 6.78. The van der Waals surface area contributed by atoms with Gasteiger partial charge in [0.25, 0.3) is 5.91 Å². The summed E-state index contributed by atoms with van der Waals surface area (Å²) in [7, 11) is 0. The van der Waals surface area contributed by atoms with Gasteiger partial charge in [-0.2, -0.15) is 0 Å². The summed E-state index contributed by atoms with van der Waals surface area (Å²) in [6.45, 7) is 2.24. The van der Waals surface area contributed by atoms with Crippen LogP contribution in [-0.2, 0) is 4.79 Å². The van der Waals surface area contributed by atoms with Crippen LogP contribution in [0.25, 0.3) is 6.08 Å². The molecule has 2 fully saturated rings. The third kappa shape index (κ3) is 4.72. The van der Waals surface area contributed by atoms with Gasteiger partial charge in [0, 0.05) is 6.04 Å². The number of phenolic OH excluding ortho intramolecular Hbond substituents is 1. The van der Waals surface area contributed by atoms with E-state index in [1.54, 1.807) is 0 Å². The van der Waals surface area contributed by atoms with Gasteiger partial charge < -0.3 is 5.11 Å². The molecule has 1 saturated heterocycles. The van der Waals surface area contributed by atoms with E-state index in [1.165, 1.54) is 18.2 Å². The second-order valence-electron chi connectivity index (χ2n) is 7.68. The van der Waals surface area contributed by atoms with Gasteiger partial charge in [-0.05, 0) is 112 Å². The molecule has 0 unspecified atom stereocenters. The van der Waals surface area contributed by atoms with Gasteiger partial charge in [-0.1, -0.05) is 38.0 Å². The molecule has 1 heterocycles. The van der Waals surface area contributed by atoms with E-state index in [1.807, 2.05) is 53.4 Å². The first kappa shape index (κ1) is 22.1. The largest absolute Gasteiger partial charge is 0.506 e. The normalized spacial score (nSPS) is 24.8. The van der Waals surface area contributed by atoms with Crippen molar-refractivity contribution in [3.63, 3.8) is 0 Å². The van der Waals surface area contributed by atoms with Gasteiger partial charge in [0.2, 0.25) is 0 Å². The maximum atomic E-state index is 13.5. The van der Waals surface area contributed by atoms with Gasteiger partial charge in [-0.25, -0.2) is 4.99 Å². The Hall–Kier alpha value is -1.07. The van der Waals surface area contributed by atoms with E-state index in [2.05, 4.69) is 52.1 Å². The lowest BCUT2D eigenvalue weighted by Gasteiger charge is -2.35. The molecular weight excluding hydrogens is 622 g/mol. The molecule has 0 bridgehead atoms. The molecule has 7 heteroatoms. The van der Waals surface area contributed by atoms with Crippen molar-refractivity contribution in [1.82, 2.24) is 4.90 Å². The Morgan fingerprint density at radius 2 is 1.80 bits per heavy atom. The van der Waals surface area contributed by atoms with Crippen molar-refractivity contribution in [2.24, 2.45) is 10.9 Å². The molecule has 0 spiro atoms. The van der Waals surface area contributed by atoms with Crippen molar-refractivity contribution in [3.05, 3.63) is 60.1 Å². The van der Waals surface area contributed by atoms with Crippen LogP contribution in [0.15, 0.2) is 52.4 Å². The minimum atomic E-state index is 0.0338. The molecule has 2 aliphatic rings. The van der Waals surface area contributed by atoms with Crippen molar-refractivity contribution in [1.29, 1.82) is 0 Å². The molecule has 2 aromatic rings. The zero-order valence-corrected chi connectivity index (χ0v) is 21.6. The van der Waals surface area contributed by atoms with E-state index in [0.29, 0.717) is 10.8 Å². The van der Waals surface area contributed by atoms with Gasteiger partial charge >= 0.3 is 0 Å². The second kappa shape index (κ2) is 9.60. The molecule has 1 saturated carbocycles. The van der Waals surface area contributed by atoms with E-state index in [4.69, 9.17) is 4.99 Å². The number of para-hydroxylation sites is 1. The number of phenols is 1. The lowest BCUT2D eigenvalue weighted by Crippen LogP contribution is -2.44. The quantitative estimate of drug-likeness (QED) is 0.296. The Bertz CT molecular complexity index is 1000. The third-order valence-electron chi connectivity index (χ3n) is 5.55. The van der Waals surface area contributed by atoms with Crippen LogP contribution in [-0.4, -0.2) is 27.1 Å². The lowest BCUT2D eigenvalue weighted by molar-refractivity contribution is -0.124. The zero-order valence-electron chi connectivity index (χ0n) is 16.5. The number of amidine groups is 1. The van der Waals surface area contributed by atoms with Gasteiger partial charge in [0.15, 0.2) is 5.17 Å². The SMILES string of the molecule is C[C@H]1CCCC[C@H]1N1C(=O)/C(=C/c2cc(I)c(O)c(I)c2)SC1=Nc1ccccc1. The minimum absolute atomic E-state index is 0.0338. The third-order valence-corrected chi connectivity index (χ3v) is 8.18. The number of amides is 1. The van der Waals surface area contributed by atoms with E-state index in [9.17, 15) is 9.90 Å². The van der Waals surface area contributed by atoms with Crippen molar-refractivity contribution >= 4 is 79.8 Å². The van der Waals surface area contributed by atoms with E-state index < -0.39 is 0 Å². The number of halogens is 2. The first-order valence-corrected chi connectivity index (χ1v) is 13.0. The molecule has 30 heavy (non-hydrogen) atoms. The van der Waals surface area contributed by atoms with E-state index in [0.717, 1.165) is 42.8 Å². The van der Waals surface area contributed by atoms with Gasteiger partial charge in [0.05, 0.1) is 17.7 Å². The maximum Gasteiger partial charge on any atom is 0.267 e. The highest BCUT2D eigenvalue weighted by atomic mass is 127. The van der Waals surface area contributed by atoms with E-state index in [-0.39, 0.29) is 17.7 Å². The van der Waals surface area contributed by atoms with Crippen molar-refractivity contribution in [3.8, 4) is 5.75 Å². The molecule has 1 aliphatic heterocycles. The Morgan fingerprint density at radius 1 is 1.13 bits per heavy atom. The summed E-state index contributed by atoms with van der Waals surface area (Å²) in [4.78, 5) is 21.0. The molecule has 1 aliphatic carbocycles. The highest BCUT2D eigenvalue weighted by Gasteiger charge is 2.41. The predicted molar refractivity (Wildman–Crippen MR) is 141 cm³/mol. The topological polar surface area (TPSA) is 52.9 Å². The Morgan fingerprint density at radius 3 is 2.47 bits per heavy atom. The molecule has 0 radical (unpaired) electrons. The summed E-state index contributed by atoms with van der Waals surface area (Å²) in [5.41, 5.74) is 1.77. The lowest BCUT2D eigenvalue weighted by atomic mass is 9.85. The Labute approximate surface area is 208 Å². The fourth-order valence-electron chi connectivity index (χ4n) is 3.97. The molecule has 1 amide bonds. The summed E-state index contributed by atoms with van der Waals surface area (Å²) in [6.07, 6.45) is 6.46. The summed E-state index contributed by atoms with van der Waals surface area (Å²) in [5.74, 6) is 0.776. The summed E-state index contributed by atoms with van der Waals surface area (Å²) in [5, 5.41) is 10.8. The molecular formula is C23H22I2N2O2S. The number of aromatic hydroxyl groups is 1. The fourth-order valence-corrected chi connectivity index (χ4v) is 6.83. The average molecular weight is 644 g/mol. The van der Waals surface area contributed by atoms with Crippen LogP contribution >= 0.6 is 56.9 Å². The van der Waals surface area contributed by atoms with Crippen LogP contribution in [0.4, 0.5) is 5.69 Å².